The van der Waals surface area contributed by atoms with Gasteiger partial charge in [-0.1, -0.05) is 19.3 Å². The van der Waals surface area contributed by atoms with Crippen LogP contribution in [0.1, 0.15) is 37.9 Å². The number of aryl methyl sites for hydroxylation is 1. The van der Waals surface area contributed by atoms with E-state index >= 15 is 0 Å². The van der Waals surface area contributed by atoms with Gasteiger partial charge in [0.15, 0.2) is 0 Å². The number of aromatic nitrogens is 2. The van der Waals surface area contributed by atoms with Crippen molar-refractivity contribution in [2.75, 3.05) is 23.7 Å². The molecule has 1 aliphatic heterocycles. The number of rotatable bonds is 1. The van der Waals surface area contributed by atoms with Gasteiger partial charge < -0.3 is 10.6 Å². The number of hydrogen-bond acceptors (Lipinski definition) is 4. The van der Waals surface area contributed by atoms with Crippen LogP contribution in [0.25, 0.3) is 0 Å². The molecule has 0 radical (unpaired) electrons. The molecule has 1 aromatic heterocycles. The lowest BCUT2D eigenvalue weighted by molar-refractivity contribution is 0.202. The second-order valence-corrected chi connectivity index (χ2v) is 5.74. The fourth-order valence-corrected chi connectivity index (χ4v) is 3.55. The molecule has 0 amide bonds. The first kappa shape index (κ1) is 11.8. The molecule has 3 rings (SSSR count). The predicted octanol–water partition coefficient (Wildman–Crippen LogP) is 2.38. The van der Waals surface area contributed by atoms with Crippen LogP contribution >= 0.6 is 0 Å². The van der Waals surface area contributed by atoms with Gasteiger partial charge in [0, 0.05) is 19.2 Å². The Morgan fingerprint density at radius 1 is 1.17 bits per heavy atom. The van der Waals surface area contributed by atoms with E-state index in [2.05, 4.69) is 14.9 Å². The fourth-order valence-electron chi connectivity index (χ4n) is 3.55. The van der Waals surface area contributed by atoms with E-state index in [-0.39, 0.29) is 0 Å². The van der Waals surface area contributed by atoms with Crippen LogP contribution in [-0.2, 0) is 0 Å². The first-order valence-electron chi connectivity index (χ1n) is 7.08. The third-order valence-corrected chi connectivity index (χ3v) is 4.46. The quantitative estimate of drug-likeness (QED) is 0.826. The number of nitrogens with two attached hydrogens (primary N) is 1. The standard InChI is InChI=1S/C14H22N4/c1-10-16-13(15)8-14(17-10)18-7-6-11-4-2-3-5-12(11)9-18/h8,11-12H,2-7,9H2,1H3,(H2,15,16,17). The minimum atomic E-state index is 0.586. The molecule has 1 saturated carbocycles. The highest BCUT2D eigenvalue weighted by Gasteiger charge is 2.31. The topological polar surface area (TPSA) is 55.0 Å². The lowest BCUT2D eigenvalue weighted by Gasteiger charge is -2.41. The van der Waals surface area contributed by atoms with Crippen LogP contribution in [-0.4, -0.2) is 23.1 Å². The van der Waals surface area contributed by atoms with Crippen molar-refractivity contribution in [1.29, 1.82) is 0 Å². The second kappa shape index (κ2) is 4.75. The number of nitrogens with zero attached hydrogens (tertiary/aromatic N) is 3. The van der Waals surface area contributed by atoms with E-state index in [1.807, 2.05) is 13.0 Å². The average Bonchev–Trinajstić information content (AvgIpc) is 2.37. The van der Waals surface area contributed by atoms with E-state index in [1.54, 1.807) is 0 Å². The van der Waals surface area contributed by atoms with E-state index in [0.717, 1.165) is 36.6 Å². The lowest BCUT2D eigenvalue weighted by Crippen LogP contribution is -2.42. The maximum absolute atomic E-state index is 5.82. The van der Waals surface area contributed by atoms with Gasteiger partial charge in [0.1, 0.15) is 17.5 Å². The van der Waals surface area contributed by atoms with Crippen molar-refractivity contribution in [3.63, 3.8) is 0 Å². The summed E-state index contributed by atoms with van der Waals surface area (Å²) in [6, 6.07) is 1.91. The van der Waals surface area contributed by atoms with Crippen LogP contribution in [0.2, 0.25) is 0 Å². The van der Waals surface area contributed by atoms with Gasteiger partial charge in [-0.25, -0.2) is 9.97 Å². The van der Waals surface area contributed by atoms with E-state index in [0.29, 0.717) is 5.82 Å². The van der Waals surface area contributed by atoms with Crippen LogP contribution in [0.15, 0.2) is 6.07 Å². The SMILES string of the molecule is Cc1nc(N)cc(N2CCC3CCCCC3C2)n1. The Hall–Kier alpha value is -1.32. The fraction of sp³-hybridized carbons (Fsp3) is 0.714. The molecule has 0 bridgehead atoms. The predicted molar refractivity (Wildman–Crippen MR) is 73.5 cm³/mol. The minimum absolute atomic E-state index is 0.586. The number of nitrogen functional groups attached to an aromatic ring is 1. The van der Waals surface area contributed by atoms with Crippen molar-refractivity contribution in [3.05, 3.63) is 11.9 Å². The molecule has 2 heterocycles. The van der Waals surface area contributed by atoms with Gasteiger partial charge in [-0.15, -0.1) is 0 Å². The molecular formula is C14H22N4. The zero-order valence-electron chi connectivity index (χ0n) is 11.1. The number of anilines is 2. The van der Waals surface area contributed by atoms with Gasteiger partial charge in [-0.3, -0.25) is 0 Å². The molecule has 0 spiro atoms. The van der Waals surface area contributed by atoms with E-state index < -0.39 is 0 Å². The molecule has 18 heavy (non-hydrogen) atoms. The Bertz CT molecular complexity index is 412. The largest absolute Gasteiger partial charge is 0.384 e. The number of piperidine rings is 1. The Balaban J connectivity index is 1.76. The Labute approximate surface area is 109 Å². The van der Waals surface area contributed by atoms with Crippen molar-refractivity contribution < 1.29 is 0 Å². The molecule has 0 aromatic carbocycles. The molecule has 98 valence electrons. The summed E-state index contributed by atoms with van der Waals surface area (Å²) in [5, 5.41) is 0. The molecule has 2 atom stereocenters. The summed E-state index contributed by atoms with van der Waals surface area (Å²) in [4.78, 5) is 11.1. The first-order chi connectivity index (χ1) is 8.72. The molecule has 2 unspecified atom stereocenters. The highest BCUT2D eigenvalue weighted by molar-refractivity contribution is 5.47. The van der Waals surface area contributed by atoms with Gasteiger partial charge in [0.25, 0.3) is 0 Å². The first-order valence-corrected chi connectivity index (χ1v) is 7.08. The summed E-state index contributed by atoms with van der Waals surface area (Å²) in [5.41, 5.74) is 5.82. The number of fused-ring (bicyclic) bond motifs is 1. The smallest absolute Gasteiger partial charge is 0.134 e. The van der Waals surface area contributed by atoms with Gasteiger partial charge >= 0.3 is 0 Å². The lowest BCUT2D eigenvalue weighted by atomic mass is 9.75. The molecule has 4 heteroatoms. The molecule has 4 nitrogen and oxygen atoms in total. The van der Waals surface area contributed by atoms with Crippen molar-refractivity contribution in [2.24, 2.45) is 11.8 Å². The Kier molecular flexibility index (Phi) is 3.10. The molecule has 2 aliphatic rings. The summed E-state index contributed by atoms with van der Waals surface area (Å²) < 4.78 is 0. The molecule has 1 saturated heterocycles. The van der Waals surface area contributed by atoms with Crippen molar-refractivity contribution >= 4 is 11.6 Å². The second-order valence-electron chi connectivity index (χ2n) is 5.74. The molecule has 1 aliphatic carbocycles. The number of hydrogen-bond donors (Lipinski definition) is 1. The summed E-state index contributed by atoms with van der Waals surface area (Å²) in [6.07, 6.45) is 6.97. The maximum atomic E-state index is 5.82. The Morgan fingerprint density at radius 2 is 1.94 bits per heavy atom. The normalized spacial score (nSPS) is 27.9. The van der Waals surface area contributed by atoms with Crippen molar-refractivity contribution in [1.82, 2.24) is 9.97 Å². The molecule has 2 fully saturated rings. The van der Waals surface area contributed by atoms with Gasteiger partial charge in [0.05, 0.1) is 0 Å². The molecule has 2 N–H and O–H groups in total. The highest BCUT2D eigenvalue weighted by atomic mass is 15.2. The third-order valence-electron chi connectivity index (χ3n) is 4.46. The maximum Gasteiger partial charge on any atom is 0.134 e. The van der Waals surface area contributed by atoms with Crippen LogP contribution in [0.5, 0.6) is 0 Å². The average molecular weight is 246 g/mol. The van der Waals surface area contributed by atoms with Crippen LogP contribution < -0.4 is 10.6 Å². The van der Waals surface area contributed by atoms with Gasteiger partial charge in [-0.05, 0) is 31.6 Å². The highest BCUT2D eigenvalue weighted by Crippen LogP contribution is 2.37. The Morgan fingerprint density at radius 3 is 2.72 bits per heavy atom. The zero-order valence-corrected chi connectivity index (χ0v) is 11.1. The minimum Gasteiger partial charge on any atom is -0.384 e. The van der Waals surface area contributed by atoms with Crippen LogP contribution in [0.4, 0.5) is 11.6 Å². The summed E-state index contributed by atoms with van der Waals surface area (Å²) in [5.74, 6) is 4.20. The van der Waals surface area contributed by atoms with E-state index in [4.69, 9.17) is 5.73 Å². The zero-order chi connectivity index (χ0) is 12.5. The molecular weight excluding hydrogens is 224 g/mol. The van der Waals surface area contributed by atoms with Crippen LogP contribution in [0, 0.1) is 18.8 Å². The third kappa shape index (κ3) is 2.28. The van der Waals surface area contributed by atoms with E-state index in [1.165, 1.54) is 32.1 Å². The summed E-state index contributed by atoms with van der Waals surface area (Å²) in [6.45, 7) is 4.19. The van der Waals surface area contributed by atoms with Gasteiger partial charge in [0.2, 0.25) is 0 Å². The van der Waals surface area contributed by atoms with Gasteiger partial charge in [-0.2, -0.15) is 0 Å². The monoisotopic (exact) mass is 246 g/mol. The van der Waals surface area contributed by atoms with E-state index in [9.17, 15) is 0 Å². The summed E-state index contributed by atoms with van der Waals surface area (Å²) in [7, 11) is 0. The van der Waals surface area contributed by atoms with Crippen molar-refractivity contribution in [2.45, 2.75) is 39.0 Å². The van der Waals surface area contributed by atoms with Crippen LogP contribution in [0.3, 0.4) is 0 Å². The summed E-state index contributed by atoms with van der Waals surface area (Å²) >= 11 is 0. The molecule has 1 aromatic rings. The van der Waals surface area contributed by atoms with Crippen molar-refractivity contribution in [3.8, 4) is 0 Å².